The number of aryl methyl sites for hydroxylation is 2. The number of hydrogen-bond donors (Lipinski definition) is 1. The third-order valence-electron chi connectivity index (χ3n) is 2.04. The number of aliphatic hydroxyl groups is 1. The lowest BCUT2D eigenvalue weighted by Crippen LogP contribution is -1.88. The van der Waals surface area contributed by atoms with Crippen LogP contribution in [0, 0.1) is 6.92 Å². The van der Waals surface area contributed by atoms with Crippen molar-refractivity contribution in [1.29, 1.82) is 0 Å². The Morgan fingerprint density at radius 2 is 2.15 bits per heavy atom. The van der Waals surface area contributed by atoms with Crippen LogP contribution in [0.5, 0.6) is 0 Å². The van der Waals surface area contributed by atoms with Crippen LogP contribution in [0.1, 0.15) is 30.5 Å². The molecule has 1 N–H and O–H groups in total. The molecule has 70 valence electrons. The first kappa shape index (κ1) is 9.85. The second-order valence-electron chi connectivity index (χ2n) is 3.34. The largest absolute Gasteiger partial charge is 0.513 e. The van der Waals surface area contributed by atoms with Crippen molar-refractivity contribution in [3.8, 4) is 0 Å². The molecule has 1 rings (SSSR count). The summed E-state index contributed by atoms with van der Waals surface area (Å²) in [5.41, 5.74) is 3.67. The van der Waals surface area contributed by atoms with Crippen LogP contribution >= 0.6 is 0 Å². The van der Waals surface area contributed by atoms with E-state index in [1.165, 1.54) is 11.1 Å². The first-order valence-corrected chi connectivity index (χ1v) is 4.60. The molecular weight excluding hydrogens is 160 g/mol. The van der Waals surface area contributed by atoms with Gasteiger partial charge in [0.15, 0.2) is 0 Å². The molecule has 0 saturated carbocycles. The van der Waals surface area contributed by atoms with Crippen molar-refractivity contribution in [2.75, 3.05) is 0 Å². The van der Waals surface area contributed by atoms with Gasteiger partial charge in [0.25, 0.3) is 0 Å². The van der Waals surface area contributed by atoms with E-state index in [1.54, 1.807) is 13.0 Å². The van der Waals surface area contributed by atoms with E-state index in [9.17, 15) is 0 Å². The molecule has 0 aliphatic rings. The van der Waals surface area contributed by atoms with Gasteiger partial charge in [-0.15, -0.1) is 0 Å². The maximum atomic E-state index is 9.16. The summed E-state index contributed by atoms with van der Waals surface area (Å²) < 4.78 is 0. The zero-order chi connectivity index (χ0) is 9.84. The second kappa shape index (κ2) is 4.13. The summed E-state index contributed by atoms with van der Waals surface area (Å²) in [4.78, 5) is 0. The summed E-state index contributed by atoms with van der Waals surface area (Å²) in [7, 11) is 0. The van der Waals surface area contributed by atoms with Gasteiger partial charge >= 0.3 is 0 Å². The molecule has 1 aromatic rings. The van der Waals surface area contributed by atoms with Crippen LogP contribution in [0.2, 0.25) is 0 Å². The van der Waals surface area contributed by atoms with E-state index in [2.05, 4.69) is 26.0 Å². The molecule has 1 heteroatoms. The van der Waals surface area contributed by atoms with Crippen molar-refractivity contribution in [2.24, 2.45) is 0 Å². The fourth-order valence-electron chi connectivity index (χ4n) is 1.41. The van der Waals surface area contributed by atoms with Gasteiger partial charge in [-0.05, 0) is 37.5 Å². The van der Waals surface area contributed by atoms with Crippen molar-refractivity contribution in [1.82, 2.24) is 0 Å². The fourth-order valence-corrected chi connectivity index (χ4v) is 1.41. The predicted molar refractivity (Wildman–Crippen MR) is 56.8 cm³/mol. The summed E-state index contributed by atoms with van der Waals surface area (Å²) in [6.45, 7) is 5.90. The molecule has 0 amide bonds. The van der Waals surface area contributed by atoms with Crippen molar-refractivity contribution in [3.05, 3.63) is 40.6 Å². The van der Waals surface area contributed by atoms with Crippen molar-refractivity contribution in [2.45, 2.75) is 27.2 Å². The minimum absolute atomic E-state index is 0.360. The van der Waals surface area contributed by atoms with Gasteiger partial charge in [-0.25, -0.2) is 0 Å². The van der Waals surface area contributed by atoms with E-state index < -0.39 is 0 Å². The van der Waals surface area contributed by atoms with E-state index >= 15 is 0 Å². The van der Waals surface area contributed by atoms with E-state index in [4.69, 9.17) is 5.11 Å². The second-order valence-corrected chi connectivity index (χ2v) is 3.34. The molecular formula is C12H16O. The summed E-state index contributed by atoms with van der Waals surface area (Å²) in [6, 6.07) is 6.27. The van der Waals surface area contributed by atoms with E-state index in [0.717, 1.165) is 12.0 Å². The molecule has 0 bridgehead atoms. The molecule has 1 aromatic carbocycles. The first-order valence-electron chi connectivity index (χ1n) is 4.60. The summed E-state index contributed by atoms with van der Waals surface area (Å²) in [5, 5.41) is 9.16. The highest BCUT2D eigenvalue weighted by Crippen LogP contribution is 2.15. The zero-order valence-electron chi connectivity index (χ0n) is 8.46. The van der Waals surface area contributed by atoms with Crippen LogP contribution < -0.4 is 0 Å². The first-order chi connectivity index (χ1) is 6.13. The van der Waals surface area contributed by atoms with Gasteiger partial charge in [0.2, 0.25) is 0 Å². The van der Waals surface area contributed by atoms with Crippen LogP contribution in [-0.4, -0.2) is 5.11 Å². The van der Waals surface area contributed by atoms with Crippen molar-refractivity contribution < 1.29 is 5.11 Å². The maximum Gasteiger partial charge on any atom is 0.0897 e. The lowest BCUT2D eigenvalue weighted by atomic mass is 10.0. The van der Waals surface area contributed by atoms with Gasteiger partial charge in [0.05, 0.1) is 5.76 Å². The molecule has 0 saturated heterocycles. The minimum atomic E-state index is 0.360. The summed E-state index contributed by atoms with van der Waals surface area (Å²) >= 11 is 0. The van der Waals surface area contributed by atoms with E-state index in [-0.39, 0.29) is 0 Å². The smallest absolute Gasteiger partial charge is 0.0897 e. The molecule has 0 heterocycles. The van der Waals surface area contributed by atoms with E-state index in [0.29, 0.717) is 5.76 Å². The van der Waals surface area contributed by atoms with Gasteiger partial charge in [-0.3, -0.25) is 0 Å². The number of benzene rings is 1. The fraction of sp³-hybridized carbons (Fsp3) is 0.333. The third-order valence-corrected chi connectivity index (χ3v) is 2.04. The zero-order valence-corrected chi connectivity index (χ0v) is 8.46. The highest BCUT2D eigenvalue weighted by Gasteiger charge is 1.98. The van der Waals surface area contributed by atoms with Gasteiger partial charge in [0.1, 0.15) is 0 Å². The highest BCUT2D eigenvalue weighted by atomic mass is 16.3. The standard InChI is InChI=1S/C12H16O/c1-4-11-7-9(2)5-6-12(11)8-10(3)13/h5-8,13H,4H2,1-3H3/b10-8+. The van der Waals surface area contributed by atoms with Crippen LogP contribution in [0.4, 0.5) is 0 Å². The monoisotopic (exact) mass is 176 g/mol. The average Bonchev–Trinajstić information content (AvgIpc) is 2.07. The lowest BCUT2D eigenvalue weighted by molar-refractivity contribution is 0.420. The van der Waals surface area contributed by atoms with Crippen LogP contribution in [0.15, 0.2) is 24.0 Å². The Morgan fingerprint density at radius 3 is 2.69 bits per heavy atom. The minimum Gasteiger partial charge on any atom is -0.513 e. The maximum absolute atomic E-state index is 9.16. The summed E-state index contributed by atoms with van der Waals surface area (Å²) in [5.74, 6) is 0.360. The van der Waals surface area contributed by atoms with Crippen LogP contribution in [0.25, 0.3) is 6.08 Å². The Kier molecular flexibility index (Phi) is 3.13. The number of hydrogen-bond acceptors (Lipinski definition) is 1. The van der Waals surface area contributed by atoms with Gasteiger partial charge < -0.3 is 5.11 Å². The molecule has 0 aliphatic heterocycles. The molecule has 0 atom stereocenters. The van der Waals surface area contributed by atoms with Gasteiger partial charge in [-0.2, -0.15) is 0 Å². The van der Waals surface area contributed by atoms with Crippen LogP contribution in [0.3, 0.4) is 0 Å². The summed E-state index contributed by atoms with van der Waals surface area (Å²) in [6.07, 6.45) is 2.80. The third kappa shape index (κ3) is 2.62. The Morgan fingerprint density at radius 1 is 1.46 bits per heavy atom. The Labute approximate surface area is 79.7 Å². The molecule has 0 unspecified atom stereocenters. The van der Waals surface area contributed by atoms with E-state index in [1.807, 2.05) is 6.07 Å². The highest BCUT2D eigenvalue weighted by molar-refractivity contribution is 5.55. The normalized spacial score (nSPS) is 11.8. The van der Waals surface area contributed by atoms with Gasteiger partial charge in [-0.1, -0.05) is 30.7 Å². The molecule has 0 aliphatic carbocycles. The molecule has 0 spiro atoms. The van der Waals surface area contributed by atoms with Gasteiger partial charge in [0, 0.05) is 0 Å². The van der Waals surface area contributed by atoms with Crippen molar-refractivity contribution in [3.63, 3.8) is 0 Å². The molecule has 1 nitrogen and oxygen atoms in total. The van der Waals surface area contributed by atoms with Crippen molar-refractivity contribution >= 4 is 6.08 Å². The number of rotatable bonds is 2. The predicted octanol–water partition coefficient (Wildman–Crippen LogP) is 3.48. The Balaban J connectivity index is 3.14. The lowest BCUT2D eigenvalue weighted by Gasteiger charge is -2.04. The number of aliphatic hydroxyl groups excluding tert-OH is 1. The van der Waals surface area contributed by atoms with Crippen LogP contribution in [-0.2, 0) is 6.42 Å². The molecule has 0 radical (unpaired) electrons. The molecule has 0 aromatic heterocycles. The average molecular weight is 176 g/mol. The Bertz CT molecular complexity index is 320. The Hall–Kier alpha value is -1.24. The topological polar surface area (TPSA) is 20.2 Å². The quantitative estimate of drug-likeness (QED) is 0.684. The SMILES string of the molecule is CCc1cc(C)ccc1/C=C(\C)O. The number of allylic oxidation sites excluding steroid dienone is 1. The molecule has 13 heavy (non-hydrogen) atoms. The molecule has 0 fully saturated rings.